The van der Waals surface area contributed by atoms with Crippen molar-refractivity contribution in [1.82, 2.24) is 4.90 Å². The molecule has 0 amide bonds. The highest BCUT2D eigenvalue weighted by Crippen LogP contribution is 2.30. The molecule has 0 aromatic carbocycles. The van der Waals surface area contributed by atoms with Crippen molar-refractivity contribution in [2.24, 2.45) is 5.92 Å². The van der Waals surface area contributed by atoms with E-state index in [-0.39, 0.29) is 0 Å². The summed E-state index contributed by atoms with van der Waals surface area (Å²) in [6.07, 6.45) is 22.4. The largest absolute Gasteiger partial charge is 0.355 e. The lowest BCUT2D eigenvalue weighted by molar-refractivity contribution is 0.457. The van der Waals surface area contributed by atoms with Crippen LogP contribution in [0.3, 0.4) is 0 Å². The Bertz CT molecular complexity index is 496. The minimum absolute atomic E-state index is 0.846. The highest BCUT2D eigenvalue weighted by Gasteiger charge is 2.16. The maximum atomic E-state index is 4.21. The SMILES string of the molecule is C=C(/C=C\N(C)C(=C)CC1CCCC1)/C=C/C1=CC=CC1. The summed E-state index contributed by atoms with van der Waals surface area (Å²) in [6.45, 7) is 8.29. The van der Waals surface area contributed by atoms with Gasteiger partial charge in [-0.2, -0.15) is 0 Å². The molecule has 0 N–H and O–H groups in total. The lowest BCUT2D eigenvalue weighted by Gasteiger charge is -2.20. The topological polar surface area (TPSA) is 3.24 Å². The van der Waals surface area contributed by atoms with Crippen LogP contribution in [0, 0.1) is 5.92 Å². The van der Waals surface area contributed by atoms with E-state index in [1.807, 2.05) is 0 Å². The molecule has 21 heavy (non-hydrogen) atoms. The van der Waals surface area contributed by atoms with E-state index in [0.29, 0.717) is 0 Å². The van der Waals surface area contributed by atoms with E-state index >= 15 is 0 Å². The Balaban J connectivity index is 1.76. The predicted molar refractivity (Wildman–Crippen MR) is 92.7 cm³/mol. The number of hydrogen-bond acceptors (Lipinski definition) is 1. The van der Waals surface area contributed by atoms with Gasteiger partial charge in [0.1, 0.15) is 0 Å². The van der Waals surface area contributed by atoms with E-state index in [9.17, 15) is 0 Å². The summed E-state index contributed by atoms with van der Waals surface area (Å²) in [5.74, 6) is 0.846. The second-order valence-corrected chi connectivity index (χ2v) is 6.13. The molecule has 1 fully saturated rings. The minimum Gasteiger partial charge on any atom is -0.355 e. The molecule has 0 radical (unpaired) electrons. The Hall–Kier alpha value is -1.76. The average molecular weight is 281 g/mol. The maximum Gasteiger partial charge on any atom is 0.0109 e. The van der Waals surface area contributed by atoms with E-state index in [2.05, 4.69) is 67.8 Å². The molecule has 0 aromatic heterocycles. The molecule has 0 saturated heterocycles. The molecule has 2 aliphatic carbocycles. The fourth-order valence-corrected chi connectivity index (χ4v) is 2.86. The average Bonchev–Trinajstić information content (AvgIpc) is 3.15. The molecular formula is C20H27N. The van der Waals surface area contributed by atoms with Crippen LogP contribution in [-0.2, 0) is 0 Å². The van der Waals surface area contributed by atoms with Gasteiger partial charge in [-0.15, -0.1) is 0 Å². The molecule has 2 aliphatic rings. The Morgan fingerprint density at radius 2 is 2.05 bits per heavy atom. The lowest BCUT2D eigenvalue weighted by atomic mass is 10.0. The van der Waals surface area contributed by atoms with Gasteiger partial charge in [0, 0.05) is 18.9 Å². The van der Waals surface area contributed by atoms with Crippen molar-refractivity contribution in [3.05, 3.63) is 72.7 Å². The normalized spacial score (nSPS) is 18.8. The Morgan fingerprint density at radius 3 is 2.71 bits per heavy atom. The van der Waals surface area contributed by atoms with E-state index in [4.69, 9.17) is 0 Å². The van der Waals surface area contributed by atoms with Gasteiger partial charge in [0.25, 0.3) is 0 Å². The summed E-state index contributed by atoms with van der Waals surface area (Å²) in [4.78, 5) is 2.13. The molecule has 0 bridgehead atoms. The summed E-state index contributed by atoms with van der Waals surface area (Å²) in [5, 5.41) is 0. The first-order valence-corrected chi connectivity index (χ1v) is 7.96. The third-order valence-corrected chi connectivity index (χ3v) is 4.32. The Morgan fingerprint density at radius 1 is 1.29 bits per heavy atom. The second-order valence-electron chi connectivity index (χ2n) is 6.13. The maximum absolute atomic E-state index is 4.21. The Kier molecular flexibility index (Phi) is 5.86. The van der Waals surface area contributed by atoms with Gasteiger partial charge in [-0.1, -0.05) is 69.2 Å². The third kappa shape index (κ3) is 5.26. The first-order chi connectivity index (χ1) is 10.1. The van der Waals surface area contributed by atoms with Crippen LogP contribution in [0.25, 0.3) is 0 Å². The summed E-state index contributed by atoms with van der Waals surface area (Å²) < 4.78 is 0. The molecule has 0 unspecified atom stereocenters. The van der Waals surface area contributed by atoms with Crippen molar-refractivity contribution in [2.45, 2.75) is 38.5 Å². The highest BCUT2D eigenvalue weighted by molar-refractivity contribution is 5.37. The number of hydrogen-bond donors (Lipinski definition) is 0. The van der Waals surface area contributed by atoms with Crippen molar-refractivity contribution in [1.29, 1.82) is 0 Å². The van der Waals surface area contributed by atoms with Gasteiger partial charge in [-0.25, -0.2) is 0 Å². The fraction of sp³-hybridized carbons (Fsp3) is 0.400. The first kappa shape index (κ1) is 15.6. The minimum atomic E-state index is 0.846. The van der Waals surface area contributed by atoms with Gasteiger partial charge in [-0.05, 0) is 36.0 Å². The van der Waals surface area contributed by atoms with Crippen LogP contribution < -0.4 is 0 Å². The zero-order valence-electron chi connectivity index (χ0n) is 13.2. The van der Waals surface area contributed by atoms with E-state index in [1.165, 1.54) is 37.0 Å². The van der Waals surface area contributed by atoms with Gasteiger partial charge in [0.2, 0.25) is 0 Å². The second kappa shape index (κ2) is 7.87. The summed E-state index contributed by atoms with van der Waals surface area (Å²) in [6, 6.07) is 0. The standard InChI is InChI=1S/C20H27N/c1-17(12-13-19-8-4-5-9-19)14-15-21(3)18(2)16-20-10-6-7-11-20/h4-5,8,12-15,20H,1-2,6-7,9-11,16H2,3H3/b13-12+,15-14-. The van der Waals surface area contributed by atoms with Gasteiger partial charge in [0.05, 0.1) is 0 Å². The number of allylic oxidation sites excluding steroid dienone is 9. The molecule has 1 heteroatoms. The van der Waals surface area contributed by atoms with Crippen LogP contribution >= 0.6 is 0 Å². The van der Waals surface area contributed by atoms with Crippen LogP contribution in [0.15, 0.2) is 72.7 Å². The lowest BCUT2D eigenvalue weighted by Crippen LogP contribution is -2.11. The van der Waals surface area contributed by atoms with E-state index in [1.54, 1.807) is 0 Å². The first-order valence-electron chi connectivity index (χ1n) is 7.96. The van der Waals surface area contributed by atoms with E-state index in [0.717, 1.165) is 24.3 Å². The number of nitrogens with zero attached hydrogens (tertiary/aromatic N) is 1. The monoisotopic (exact) mass is 281 g/mol. The van der Waals surface area contributed by atoms with Crippen molar-refractivity contribution < 1.29 is 0 Å². The van der Waals surface area contributed by atoms with Crippen molar-refractivity contribution in [3.8, 4) is 0 Å². The van der Waals surface area contributed by atoms with Crippen LogP contribution in [0.1, 0.15) is 38.5 Å². The molecule has 1 saturated carbocycles. The molecule has 1 nitrogen and oxygen atoms in total. The van der Waals surface area contributed by atoms with Crippen molar-refractivity contribution in [2.75, 3.05) is 7.05 Å². The van der Waals surface area contributed by atoms with Crippen LogP contribution in [0.5, 0.6) is 0 Å². The van der Waals surface area contributed by atoms with Crippen molar-refractivity contribution >= 4 is 0 Å². The molecule has 0 aliphatic heterocycles. The molecule has 0 atom stereocenters. The molecule has 2 rings (SSSR count). The summed E-state index contributed by atoms with van der Waals surface area (Å²) >= 11 is 0. The molecular weight excluding hydrogens is 254 g/mol. The summed E-state index contributed by atoms with van der Waals surface area (Å²) in [7, 11) is 2.08. The molecule has 0 spiro atoms. The van der Waals surface area contributed by atoms with E-state index < -0.39 is 0 Å². The smallest absolute Gasteiger partial charge is 0.0109 e. The molecule has 0 heterocycles. The van der Waals surface area contributed by atoms with Crippen LogP contribution in [0.4, 0.5) is 0 Å². The van der Waals surface area contributed by atoms with Crippen LogP contribution in [0.2, 0.25) is 0 Å². The Labute approximate surface area is 129 Å². The van der Waals surface area contributed by atoms with Gasteiger partial charge in [0.15, 0.2) is 0 Å². The van der Waals surface area contributed by atoms with Gasteiger partial charge >= 0.3 is 0 Å². The van der Waals surface area contributed by atoms with Crippen LogP contribution in [-0.4, -0.2) is 11.9 Å². The number of rotatable bonds is 7. The van der Waals surface area contributed by atoms with Crippen molar-refractivity contribution in [3.63, 3.8) is 0 Å². The molecule has 0 aromatic rings. The summed E-state index contributed by atoms with van der Waals surface area (Å²) in [5.41, 5.74) is 3.56. The van der Waals surface area contributed by atoms with Gasteiger partial charge < -0.3 is 4.90 Å². The van der Waals surface area contributed by atoms with Gasteiger partial charge in [-0.3, -0.25) is 0 Å². The molecule has 112 valence electrons. The third-order valence-electron chi connectivity index (χ3n) is 4.32. The zero-order chi connectivity index (χ0) is 15.1. The zero-order valence-corrected chi connectivity index (χ0v) is 13.2. The highest BCUT2D eigenvalue weighted by atomic mass is 15.1. The predicted octanol–water partition coefficient (Wildman–Crippen LogP) is 5.52. The quantitative estimate of drug-likeness (QED) is 0.555. The fourth-order valence-electron chi connectivity index (χ4n) is 2.86.